The Balaban J connectivity index is 1.93. The van der Waals surface area contributed by atoms with Crippen molar-refractivity contribution >= 4 is 11.6 Å². The van der Waals surface area contributed by atoms with E-state index in [0.29, 0.717) is 6.54 Å². The fraction of sp³-hybridized carbons (Fsp3) is 0.533. The maximum atomic E-state index is 12.3. The first-order valence-electron chi connectivity index (χ1n) is 6.75. The van der Waals surface area contributed by atoms with E-state index in [9.17, 15) is 4.79 Å². The Morgan fingerprint density at radius 2 is 1.84 bits per heavy atom. The molecule has 0 aromatic heterocycles. The number of amides is 1. The van der Waals surface area contributed by atoms with Crippen molar-refractivity contribution in [1.29, 1.82) is 0 Å². The maximum Gasteiger partial charge on any atom is 0.240 e. The van der Waals surface area contributed by atoms with Gasteiger partial charge in [-0.3, -0.25) is 9.69 Å². The highest BCUT2D eigenvalue weighted by molar-refractivity contribution is 5.94. The Morgan fingerprint density at radius 1 is 1.26 bits per heavy atom. The molecule has 19 heavy (non-hydrogen) atoms. The molecular formula is C15H22N2O2. The second-order valence-corrected chi connectivity index (χ2v) is 5.24. The fourth-order valence-electron chi connectivity index (χ4n) is 2.51. The molecule has 2 atom stereocenters. The fourth-order valence-corrected chi connectivity index (χ4v) is 2.51. The third kappa shape index (κ3) is 3.78. The van der Waals surface area contributed by atoms with Crippen LogP contribution in [-0.4, -0.2) is 49.7 Å². The van der Waals surface area contributed by atoms with Gasteiger partial charge < -0.3 is 9.64 Å². The number of para-hydroxylation sites is 1. The third-order valence-corrected chi connectivity index (χ3v) is 3.37. The average molecular weight is 262 g/mol. The van der Waals surface area contributed by atoms with Crippen LogP contribution in [0.3, 0.4) is 0 Å². The topological polar surface area (TPSA) is 32.8 Å². The minimum Gasteiger partial charge on any atom is -0.373 e. The van der Waals surface area contributed by atoms with Crippen molar-refractivity contribution in [3.63, 3.8) is 0 Å². The van der Waals surface area contributed by atoms with Gasteiger partial charge in [0.15, 0.2) is 0 Å². The van der Waals surface area contributed by atoms with Gasteiger partial charge in [0, 0.05) is 25.8 Å². The van der Waals surface area contributed by atoms with Crippen LogP contribution in [0.1, 0.15) is 13.8 Å². The molecule has 0 aliphatic carbocycles. The molecule has 1 fully saturated rings. The summed E-state index contributed by atoms with van der Waals surface area (Å²) < 4.78 is 5.68. The number of rotatable bonds is 3. The van der Waals surface area contributed by atoms with Gasteiger partial charge >= 0.3 is 0 Å². The van der Waals surface area contributed by atoms with Crippen molar-refractivity contribution in [3.05, 3.63) is 30.3 Å². The molecule has 1 saturated heterocycles. The van der Waals surface area contributed by atoms with Gasteiger partial charge in [-0.1, -0.05) is 18.2 Å². The minimum atomic E-state index is 0.118. The van der Waals surface area contributed by atoms with E-state index in [4.69, 9.17) is 4.74 Å². The van der Waals surface area contributed by atoms with Gasteiger partial charge in [0.1, 0.15) is 0 Å². The van der Waals surface area contributed by atoms with Crippen molar-refractivity contribution in [1.82, 2.24) is 4.90 Å². The quantitative estimate of drug-likeness (QED) is 0.832. The number of benzene rings is 1. The molecule has 4 nitrogen and oxygen atoms in total. The average Bonchev–Trinajstić information content (AvgIpc) is 2.37. The van der Waals surface area contributed by atoms with E-state index >= 15 is 0 Å². The number of likely N-dealkylation sites (N-methyl/N-ethyl adjacent to an activating group) is 1. The Bertz CT molecular complexity index is 411. The molecule has 1 amide bonds. The van der Waals surface area contributed by atoms with E-state index in [1.165, 1.54) is 0 Å². The van der Waals surface area contributed by atoms with E-state index < -0.39 is 0 Å². The Hall–Kier alpha value is -1.39. The number of morpholine rings is 1. The summed E-state index contributed by atoms with van der Waals surface area (Å²) in [5.74, 6) is 0.118. The lowest BCUT2D eigenvalue weighted by Crippen LogP contribution is -2.49. The van der Waals surface area contributed by atoms with Gasteiger partial charge in [0.25, 0.3) is 0 Å². The predicted molar refractivity (Wildman–Crippen MR) is 76.3 cm³/mol. The van der Waals surface area contributed by atoms with Crippen LogP contribution in [0.4, 0.5) is 5.69 Å². The van der Waals surface area contributed by atoms with E-state index in [-0.39, 0.29) is 18.1 Å². The first-order chi connectivity index (χ1) is 9.06. The summed E-state index contributed by atoms with van der Waals surface area (Å²) in [6, 6.07) is 9.73. The number of hydrogen-bond acceptors (Lipinski definition) is 3. The lowest BCUT2D eigenvalue weighted by molar-refractivity contribution is -0.123. The summed E-state index contributed by atoms with van der Waals surface area (Å²) in [4.78, 5) is 16.1. The standard InChI is InChI=1S/C15H22N2O2/c1-12-9-17(10-13(2)19-12)11-15(18)16(3)14-7-5-4-6-8-14/h4-8,12-13H,9-11H2,1-3H3. The van der Waals surface area contributed by atoms with Crippen LogP contribution in [-0.2, 0) is 9.53 Å². The summed E-state index contributed by atoms with van der Waals surface area (Å²) in [5, 5.41) is 0. The Kier molecular flexibility index (Phi) is 4.56. The number of carbonyl (C=O) groups excluding carboxylic acids is 1. The second kappa shape index (κ2) is 6.17. The molecule has 2 unspecified atom stereocenters. The van der Waals surface area contributed by atoms with Gasteiger partial charge in [0.2, 0.25) is 5.91 Å². The zero-order valence-corrected chi connectivity index (χ0v) is 11.9. The van der Waals surface area contributed by atoms with Crippen molar-refractivity contribution in [2.75, 3.05) is 31.6 Å². The molecule has 0 bridgehead atoms. The zero-order valence-electron chi connectivity index (χ0n) is 11.9. The molecule has 1 heterocycles. The molecule has 0 saturated carbocycles. The van der Waals surface area contributed by atoms with Gasteiger partial charge in [-0.05, 0) is 26.0 Å². The molecule has 0 N–H and O–H groups in total. The first kappa shape index (κ1) is 14.0. The Morgan fingerprint density at radius 3 is 2.42 bits per heavy atom. The lowest BCUT2D eigenvalue weighted by atomic mass is 10.2. The Labute approximate surface area is 115 Å². The monoisotopic (exact) mass is 262 g/mol. The molecule has 4 heteroatoms. The van der Waals surface area contributed by atoms with Crippen LogP contribution in [0.5, 0.6) is 0 Å². The van der Waals surface area contributed by atoms with Crippen LogP contribution in [0, 0.1) is 0 Å². The summed E-state index contributed by atoms with van der Waals surface area (Å²) in [5.41, 5.74) is 0.932. The van der Waals surface area contributed by atoms with Crippen molar-refractivity contribution in [2.45, 2.75) is 26.1 Å². The number of carbonyl (C=O) groups is 1. The molecule has 1 aromatic carbocycles. The SMILES string of the molecule is CC1CN(CC(=O)N(C)c2ccccc2)CC(C)O1. The van der Waals surface area contributed by atoms with Crippen molar-refractivity contribution in [3.8, 4) is 0 Å². The maximum absolute atomic E-state index is 12.3. The highest BCUT2D eigenvalue weighted by Crippen LogP contribution is 2.14. The number of ether oxygens (including phenoxy) is 1. The normalized spacial score (nSPS) is 24.2. The molecule has 2 rings (SSSR count). The van der Waals surface area contributed by atoms with Crippen molar-refractivity contribution < 1.29 is 9.53 Å². The van der Waals surface area contributed by atoms with Crippen LogP contribution < -0.4 is 4.90 Å². The van der Waals surface area contributed by atoms with Crippen LogP contribution in [0.25, 0.3) is 0 Å². The third-order valence-electron chi connectivity index (χ3n) is 3.37. The highest BCUT2D eigenvalue weighted by atomic mass is 16.5. The van der Waals surface area contributed by atoms with Gasteiger partial charge in [-0.25, -0.2) is 0 Å². The molecule has 1 aromatic rings. The van der Waals surface area contributed by atoms with Crippen molar-refractivity contribution in [2.24, 2.45) is 0 Å². The summed E-state index contributed by atoms with van der Waals surface area (Å²) in [7, 11) is 1.82. The number of nitrogens with zero attached hydrogens (tertiary/aromatic N) is 2. The number of anilines is 1. The van der Waals surface area contributed by atoms with Gasteiger partial charge in [0.05, 0.1) is 18.8 Å². The molecule has 0 radical (unpaired) electrons. The molecular weight excluding hydrogens is 240 g/mol. The van der Waals surface area contributed by atoms with Crippen LogP contribution >= 0.6 is 0 Å². The highest BCUT2D eigenvalue weighted by Gasteiger charge is 2.24. The zero-order chi connectivity index (χ0) is 13.8. The largest absolute Gasteiger partial charge is 0.373 e. The summed E-state index contributed by atoms with van der Waals surface area (Å²) in [6.07, 6.45) is 0.386. The first-order valence-corrected chi connectivity index (χ1v) is 6.75. The van der Waals surface area contributed by atoms with E-state index in [2.05, 4.69) is 4.90 Å². The van der Waals surface area contributed by atoms with E-state index in [1.807, 2.05) is 51.2 Å². The van der Waals surface area contributed by atoms with Gasteiger partial charge in [-0.15, -0.1) is 0 Å². The number of hydrogen-bond donors (Lipinski definition) is 0. The van der Waals surface area contributed by atoms with Crippen LogP contribution in [0.15, 0.2) is 30.3 Å². The van der Waals surface area contributed by atoms with E-state index in [0.717, 1.165) is 18.8 Å². The minimum absolute atomic E-state index is 0.118. The molecule has 104 valence electrons. The molecule has 0 spiro atoms. The predicted octanol–water partition coefficient (Wildman–Crippen LogP) is 1.76. The lowest BCUT2D eigenvalue weighted by Gasteiger charge is -2.35. The van der Waals surface area contributed by atoms with Crippen LogP contribution in [0.2, 0.25) is 0 Å². The molecule has 1 aliphatic heterocycles. The second-order valence-electron chi connectivity index (χ2n) is 5.24. The van der Waals surface area contributed by atoms with Gasteiger partial charge in [-0.2, -0.15) is 0 Å². The molecule has 1 aliphatic rings. The summed E-state index contributed by atoms with van der Waals surface area (Å²) >= 11 is 0. The summed E-state index contributed by atoms with van der Waals surface area (Å²) in [6.45, 7) is 6.18. The smallest absolute Gasteiger partial charge is 0.240 e. The van der Waals surface area contributed by atoms with E-state index in [1.54, 1.807) is 4.90 Å².